The van der Waals surface area contributed by atoms with Crippen LogP contribution in [0.1, 0.15) is 68.0 Å². The summed E-state index contributed by atoms with van der Waals surface area (Å²) in [6.45, 7) is 6.28. The van der Waals surface area contributed by atoms with Gasteiger partial charge in [-0.05, 0) is 80.3 Å². The van der Waals surface area contributed by atoms with Crippen LogP contribution in [-0.2, 0) is 24.5 Å². The molecule has 1 saturated heterocycles. The molecule has 1 aliphatic carbocycles. The Hall–Kier alpha value is -3.44. The number of piperidine rings is 1. The summed E-state index contributed by atoms with van der Waals surface area (Å²) in [5, 5.41) is 8.48. The summed E-state index contributed by atoms with van der Waals surface area (Å²) < 4.78 is 53.0. The monoisotopic (exact) mass is 582 g/mol. The van der Waals surface area contributed by atoms with Crippen molar-refractivity contribution in [2.24, 2.45) is 18.9 Å². The molecule has 0 amide bonds. The number of halogens is 3. The quantitative estimate of drug-likeness (QED) is 0.291. The number of hydrogen-bond donors (Lipinski definition) is 0. The number of aryl methyl sites for hydroxylation is 1. The van der Waals surface area contributed by atoms with E-state index in [1.807, 2.05) is 29.8 Å². The van der Waals surface area contributed by atoms with Gasteiger partial charge in [0.05, 0.1) is 22.4 Å². The lowest BCUT2D eigenvalue weighted by molar-refractivity contribution is -0.136. The van der Waals surface area contributed by atoms with Crippen LogP contribution in [0.4, 0.5) is 13.2 Å². The molecule has 6 rings (SSSR count). The van der Waals surface area contributed by atoms with E-state index in [1.54, 1.807) is 25.7 Å². The lowest BCUT2D eigenvalue weighted by Gasteiger charge is -2.47. The van der Waals surface area contributed by atoms with Crippen LogP contribution in [0.2, 0.25) is 0 Å². The van der Waals surface area contributed by atoms with Gasteiger partial charge >= 0.3 is 11.9 Å². The number of hydrogen-bond acceptors (Lipinski definition) is 5. The van der Waals surface area contributed by atoms with E-state index in [9.17, 15) is 18.0 Å². The van der Waals surface area contributed by atoms with Gasteiger partial charge in [-0.25, -0.2) is 4.79 Å². The second-order valence-corrected chi connectivity index (χ2v) is 12.5. The highest BCUT2D eigenvalue weighted by molar-refractivity contribution is 5.58. The van der Waals surface area contributed by atoms with Crippen molar-refractivity contribution in [3.63, 3.8) is 0 Å². The number of methoxy groups -OCH3 is 1. The molecule has 2 fully saturated rings. The van der Waals surface area contributed by atoms with Crippen LogP contribution in [0.3, 0.4) is 0 Å². The SMILES string of the molecule is COC1(C)CC([C@H](c2cccc(-n3cc4c(C(F)(F)F)cc(CN5CCC[C@H](C)C5)cn4c3=O)c2)c2nncn2C)C1. The van der Waals surface area contributed by atoms with Crippen LogP contribution in [0.25, 0.3) is 11.2 Å². The average molecular weight is 583 g/mol. The molecule has 11 heteroatoms. The summed E-state index contributed by atoms with van der Waals surface area (Å²) in [5.74, 6) is 1.41. The summed E-state index contributed by atoms with van der Waals surface area (Å²) in [6, 6.07) is 8.64. The molecule has 1 aliphatic heterocycles. The molecular weight excluding hydrogens is 545 g/mol. The van der Waals surface area contributed by atoms with Crippen molar-refractivity contribution in [2.75, 3.05) is 20.2 Å². The fourth-order valence-electron chi connectivity index (χ4n) is 6.96. The van der Waals surface area contributed by atoms with Gasteiger partial charge in [0, 0.05) is 45.6 Å². The fourth-order valence-corrected chi connectivity index (χ4v) is 6.96. The molecule has 42 heavy (non-hydrogen) atoms. The highest BCUT2D eigenvalue weighted by atomic mass is 19.4. The van der Waals surface area contributed by atoms with E-state index < -0.39 is 17.4 Å². The van der Waals surface area contributed by atoms with Gasteiger partial charge < -0.3 is 9.30 Å². The van der Waals surface area contributed by atoms with Gasteiger partial charge in [-0.2, -0.15) is 13.2 Å². The molecule has 0 N–H and O–H groups in total. The summed E-state index contributed by atoms with van der Waals surface area (Å²) in [6.07, 6.45) is 3.72. The fraction of sp³-hybridized carbons (Fsp3) is 0.516. The van der Waals surface area contributed by atoms with E-state index in [4.69, 9.17) is 4.74 Å². The van der Waals surface area contributed by atoms with E-state index in [0.29, 0.717) is 23.7 Å². The molecular formula is C31H37F3N6O2. The number of aromatic nitrogens is 5. The van der Waals surface area contributed by atoms with Crippen molar-refractivity contribution in [1.82, 2.24) is 28.6 Å². The molecule has 4 aromatic rings. The Morgan fingerprint density at radius 2 is 1.98 bits per heavy atom. The van der Waals surface area contributed by atoms with E-state index in [-0.39, 0.29) is 23.0 Å². The predicted octanol–water partition coefficient (Wildman–Crippen LogP) is 5.42. The number of nitrogens with zero attached hydrogens (tertiary/aromatic N) is 6. The Balaban J connectivity index is 1.41. The maximum atomic E-state index is 14.3. The van der Waals surface area contributed by atoms with E-state index >= 15 is 0 Å². The molecule has 8 nitrogen and oxygen atoms in total. The third kappa shape index (κ3) is 5.28. The van der Waals surface area contributed by atoms with E-state index in [1.165, 1.54) is 16.8 Å². The van der Waals surface area contributed by atoms with Gasteiger partial charge in [0.2, 0.25) is 0 Å². The zero-order chi connectivity index (χ0) is 29.8. The Morgan fingerprint density at radius 1 is 1.19 bits per heavy atom. The van der Waals surface area contributed by atoms with Crippen LogP contribution in [-0.4, -0.2) is 54.4 Å². The predicted molar refractivity (Wildman–Crippen MR) is 153 cm³/mol. The third-order valence-electron chi connectivity index (χ3n) is 9.16. The maximum Gasteiger partial charge on any atom is 0.418 e. The molecule has 1 aromatic carbocycles. The first kappa shape index (κ1) is 28.7. The minimum absolute atomic E-state index is 0.113. The molecule has 4 heterocycles. The Morgan fingerprint density at radius 3 is 2.64 bits per heavy atom. The van der Waals surface area contributed by atoms with Crippen molar-refractivity contribution in [3.05, 3.63) is 82.1 Å². The first-order chi connectivity index (χ1) is 20.0. The Labute approximate surface area is 242 Å². The van der Waals surface area contributed by atoms with Gasteiger partial charge in [-0.1, -0.05) is 19.1 Å². The zero-order valence-electron chi connectivity index (χ0n) is 24.4. The number of ether oxygens (including phenoxy) is 1. The van der Waals surface area contributed by atoms with Gasteiger partial charge in [-0.3, -0.25) is 13.9 Å². The van der Waals surface area contributed by atoms with Crippen molar-refractivity contribution in [3.8, 4) is 5.69 Å². The second-order valence-electron chi connectivity index (χ2n) is 12.5. The molecule has 2 aliphatic rings. The minimum atomic E-state index is -4.61. The number of imidazole rings is 1. The van der Waals surface area contributed by atoms with Gasteiger partial charge in [0.25, 0.3) is 0 Å². The number of benzene rings is 1. The zero-order valence-corrected chi connectivity index (χ0v) is 24.4. The maximum absolute atomic E-state index is 14.3. The van der Waals surface area contributed by atoms with Crippen molar-refractivity contribution in [2.45, 2.75) is 63.8 Å². The minimum Gasteiger partial charge on any atom is -0.379 e. The largest absolute Gasteiger partial charge is 0.418 e. The molecule has 0 unspecified atom stereocenters. The normalized spacial score (nSPS) is 24.2. The lowest BCUT2D eigenvalue weighted by atomic mass is 9.64. The number of rotatable bonds is 7. The van der Waals surface area contributed by atoms with Crippen molar-refractivity contribution < 1.29 is 17.9 Å². The Bertz CT molecular complexity index is 1650. The number of alkyl halides is 3. The average Bonchev–Trinajstić information content (AvgIpc) is 3.50. The third-order valence-corrected chi connectivity index (χ3v) is 9.16. The van der Waals surface area contributed by atoms with Gasteiger partial charge in [-0.15, -0.1) is 10.2 Å². The summed E-state index contributed by atoms with van der Waals surface area (Å²) in [5.41, 5.74) is 0.189. The van der Waals surface area contributed by atoms with Crippen molar-refractivity contribution >= 4 is 5.52 Å². The van der Waals surface area contributed by atoms with E-state index in [0.717, 1.165) is 54.6 Å². The summed E-state index contributed by atoms with van der Waals surface area (Å²) in [4.78, 5) is 15.9. The van der Waals surface area contributed by atoms with Crippen LogP contribution in [0.15, 0.2) is 53.8 Å². The number of pyridine rings is 1. The summed E-state index contributed by atoms with van der Waals surface area (Å²) >= 11 is 0. The van der Waals surface area contributed by atoms with Crippen LogP contribution < -0.4 is 5.69 Å². The molecule has 3 aromatic heterocycles. The second kappa shape index (κ2) is 10.7. The van der Waals surface area contributed by atoms with Crippen LogP contribution in [0.5, 0.6) is 0 Å². The van der Waals surface area contributed by atoms with E-state index in [2.05, 4.69) is 28.9 Å². The molecule has 0 radical (unpaired) electrons. The first-order valence-electron chi connectivity index (χ1n) is 14.5. The molecule has 1 saturated carbocycles. The number of fused-ring (bicyclic) bond motifs is 1. The van der Waals surface area contributed by atoms with Crippen LogP contribution >= 0.6 is 0 Å². The van der Waals surface area contributed by atoms with Crippen LogP contribution in [0, 0.1) is 11.8 Å². The van der Waals surface area contributed by atoms with Gasteiger partial charge in [0.15, 0.2) is 0 Å². The highest BCUT2D eigenvalue weighted by Gasteiger charge is 2.46. The standard InChI is InChI=1S/C31H37F3N6O2/c1-20-7-6-10-38(15-20)16-21-11-25(31(32,33)34)26-18-39(29(41)40(26)17-21)24-9-5-8-22(12-24)27(28-36-35-19-37(28)3)23-13-30(2,14-23)42-4/h5,8-9,11-12,17-20,23,27H,6-7,10,13-16H2,1-4H3/t20-,23?,27-,30?/m0/s1. The molecule has 224 valence electrons. The molecule has 0 spiro atoms. The highest BCUT2D eigenvalue weighted by Crippen LogP contribution is 2.49. The topological polar surface area (TPSA) is 69.6 Å². The lowest BCUT2D eigenvalue weighted by Crippen LogP contribution is -2.45. The molecule has 2 atom stereocenters. The first-order valence-corrected chi connectivity index (χ1v) is 14.5. The Kier molecular flexibility index (Phi) is 7.29. The number of likely N-dealkylation sites (tertiary alicyclic amines) is 1. The van der Waals surface area contributed by atoms with Crippen molar-refractivity contribution in [1.29, 1.82) is 0 Å². The van der Waals surface area contributed by atoms with Gasteiger partial charge in [0.1, 0.15) is 12.2 Å². The summed E-state index contributed by atoms with van der Waals surface area (Å²) in [7, 11) is 3.61. The molecule has 0 bridgehead atoms. The smallest absolute Gasteiger partial charge is 0.379 e.